The van der Waals surface area contributed by atoms with Crippen molar-refractivity contribution in [3.8, 4) is 0 Å². The Labute approximate surface area is 64.2 Å². The molecule has 0 fully saturated rings. The lowest BCUT2D eigenvalue weighted by Gasteiger charge is -2.06. The molecule has 0 aliphatic heterocycles. The van der Waals surface area contributed by atoms with Gasteiger partial charge in [0.15, 0.2) is 0 Å². The highest BCUT2D eigenvalue weighted by Gasteiger charge is 2.08. The van der Waals surface area contributed by atoms with Crippen molar-refractivity contribution in [3.05, 3.63) is 16.3 Å². The molecule has 0 aromatic carbocycles. The first-order valence-corrected chi connectivity index (χ1v) is 3.52. The van der Waals surface area contributed by atoms with E-state index in [1.807, 2.05) is 13.8 Å². The van der Waals surface area contributed by atoms with E-state index in [4.69, 9.17) is 5.73 Å². The number of hydrogen-bond donors (Lipinski definition) is 2. The first kappa shape index (κ1) is 8.00. The third-order valence-electron chi connectivity index (χ3n) is 1.48. The molecule has 11 heavy (non-hydrogen) atoms. The van der Waals surface area contributed by atoms with E-state index in [9.17, 15) is 4.79 Å². The maximum absolute atomic E-state index is 11.0. The predicted octanol–water partition coefficient (Wildman–Crippen LogP) is -0.389. The molecule has 1 heterocycles. The molecule has 0 aliphatic rings. The number of aromatic nitrogens is 3. The minimum Gasteiger partial charge on any atom is -0.324 e. The van der Waals surface area contributed by atoms with Gasteiger partial charge in [-0.25, -0.2) is 9.89 Å². The first-order chi connectivity index (χ1) is 5.16. The Morgan fingerprint density at radius 3 is 2.73 bits per heavy atom. The van der Waals surface area contributed by atoms with Gasteiger partial charge in [0, 0.05) is 6.04 Å². The SMILES string of the molecule is CC(C)n1c(CN)n[nH]c1=O. The average molecular weight is 156 g/mol. The van der Waals surface area contributed by atoms with E-state index in [1.165, 1.54) is 0 Å². The Morgan fingerprint density at radius 2 is 2.36 bits per heavy atom. The minimum absolute atomic E-state index is 0.111. The molecule has 1 aromatic heterocycles. The van der Waals surface area contributed by atoms with E-state index in [1.54, 1.807) is 4.57 Å². The molecule has 62 valence electrons. The number of nitrogens with zero attached hydrogens (tertiary/aromatic N) is 2. The molecule has 0 amide bonds. The number of nitrogens with two attached hydrogens (primary N) is 1. The Kier molecular flexibility index (Phi) is 2.09. The van der Waals surface area contributed by atoms with Crippen molar-refractivity contribution in [1.82, 2.24) is 14.8 Å². The van der Waals surface area contributed by atoms with Crippen LogP contribution >= 0.6 is 0 Å². The molecule has 0 atom stereocenters. The highest BCUT2D eigenvalue weighted by Crippen LogP contribution is 2.00. The van der Waals surface area contributed by atoms with Gasteiger partial charge in [-0.15, -0.1) is 0 Å². The largest absolute Gasteiger partial charge is 0.343 e. The molecular formula is C6H12N4O. The van der Waals surface area contributed by atoms with Crippen LogP contribution in [0.2, 0.25) is 0 Å². The summed E-state index contributed by atoms with van der Waals surface area (Å²) in [6, 6.07) is 0.111. The van der Waals surface area contributed by atoms with Crippen LogP contribution in [0.3, 0.4) is 0 Å². The molecule has 0 aliphatic carbocycles. The molecule has 3 N–H and O–H groups in total. The molecule has 5 heteroatoms. The summed E-state index contributed by atoms with van der Waals surface area (Å²) in [5, 5.41) is 6.10. The van der Waals surface area contributed by atoms with Crippen LogP contribution in [0.15, 0.2) is 4.79 Å². The van der Waals surface area contributed by atoms with Crippen molar-refractivity contribution in [3.63, 3.8) is 0 Å². The number of rotatable bonds is 2. The van der Waals surface area contributed by atoms with E-state index in [0.29, 0.717) is 5.82 Å². The van der Waals surface area contributed by atoms with Crippen LogP contribution < -0.4 is 11.4 Å². The van der Waals surface area contributed by atoms with E-state index >= 15 is 0 Å². The first-order valence-electron chi connectivity index (χ1n) is 3.52. The second-order valence-electron chi connectivity index (χ2n) is 2.61. The summed E-state index contributed by atoms with van der Waals surface area (Å²) in [5.41, 5.74) is 5.17. The monoisotopic (exact) mass is 156 g/mol. The summed E-state index contributed by atoms with van der Waals surface area (Å²) in [6.07, 6.45) is 0. The van der Waals surface area contributed by atoms with Crippen molar-refractivity contribution in [2.75, 3.05) is 0 Å². The Balaban J connectivity index is 3.18. The lowest BCUT2D eigenvalue weighted by molar-refractivity contribution is 0.552. The number of aromatic amines is 1. The molecule has 5 nitrogen and oxygen atoms in total. The number of nitrogens with one attached hydrogen (secondary N) is 1. The molecule has 0 unspecified atom stereocenters. The maximum atomic E-state index is 11.0. The van der Waals surface area contributed by atoms with Gasteiger partial charge in [0.25, 0.3) is 0 Å². The minimum atomic E-state index is -0.194. The fourth-order valence-electron chi connectivity index (χ4n) is 1.01. The van der Waals surface area contributed by atoms with Gasteiger partial charge in [-0.1, -0.05) is 0 Å². The van der Waals surface area contributed by atoms with Crippen LogP contribution in [0.5, 0.6) is 0 Å². The normalized spacial score (nSPS) is 10.9. The quantitative estimate of drug-likeness (QED) is 0.612. The molecular weight excluding hydrogens is 144 g/mol. The Morgan fingerprint density at radius 1 is 1.73 bits per heavy atom. The lowest BCUT2D eigenvalue weighted by Crippen LogP contribution is -2.21. The van der Waals surface area contributed by atoms with Gasteiger partial charge >= 0.3 is 5.69 Å². The highest BCUT2D eigenvalue weighted by molar-refractivity contribution is 4.86. The lowest BCUT2D eigenvalue weighted by atomic mass is 10.4. The van der Waals surface area contributed by atoms with E-state index in [0.717, 1.165) is 0 Å². The van der Waals surface area contributed by atoms with Gasteiger partial charge in [0.1, 0.15) is 5.82 Å². The summed E-state index contributed by atoms with van der Waals surface area (Å²) in [7, 11) is 0. The Hall–Kier alpha value is -1.10. The van der Waals surface area contributed by atoms with Crippen molar-refractivity contribution < 1.29 is 0 Å². The maximum Gasteiger partial charge on any atom is 0.343 e. The summed E-state index contributed by atoms with van der Waals surface area (Å²) < 4.78 is 1.54. The Bertz CT molecular complexity index is 285. The zero-order valence-corrected chi connectivity index (χ0v) is 6.66. The zero-order chi connectivity index (χ0) is 8.43. The second-order valence-corrected chi connectivity index (χ2v) is 2.61. The molecule has 1 rings (SSSR count). The van der Waals surface area contributed by atoms with Crippen LogP contribution in [0.1, 0.15) is 25.7 Å². The number of hydrogen-bond acceptors (Lipinski definition) is 3. The van der Waals surface area contributed by atoms with Gasteiger partial charge < -0.3 is 5.73 Å². The van der Waals surface area contributed by atoms with Gasteiger partial charge in [0.05, 0.1) is 6.54 Å². The van der Waals surface area contributed by atoms with Crippen LogP contribution in [0.25, 0.3) is 0 Å². The number of H-pyrrole nitrogens is 1. The summed E-state index contributed by atoms with van der Waals surface area (Å²) in [5.74, 6) is 0.602. The van der Waals surface area contributed by atoms with Crippen molar-refractivity contribution >= 4 is 0 Å². The summed E-state index contributed by atoms with van der Waals surface area (Å²) >= 11 is 0. The van der Waals surface area contributed by atoms with Crippen LogP contribution in [-0.4, -0.2) is 14.8 Å². The molecule has 0 spiro atoms. The van der Waals surface area contributed by atoms with Crippen molar-refractivity contribution in [2.45, 2.75) is 26.4 Å². The van der Waals surface area contributed by atoms with Crippen LogP contribution in [0, 0.1) is 0 Å². The molecule has 0 saturated heterocycles. The molecule has 0 bridgehead atoms. The molecule has 1 aromatic rings. The standard InChI is InChI=1S/C6H12N4O/c1-4(2)10-5(3-7)8-9-6(10)11/h4H,3,7H2,1-2H3,(H,9,11). The summed E-state index contributed by atoms with van der Waals surface area (Å²) in [4.78, 5) is 11.0. The van der Waals surface area contributed by atoms with Crippen LogP contribution in [0.4, 0.5) is 0 Å². The fraction of sp³-hybridized carbons (Fsp3) is 0.667. The van der Waals surface area contributed by atoms with Gasteiger partial charge in [-0.05, 0) is 13.8 Å². The third-order valence-corrected chi connectivity index (χ3v) is 1.48. The predicted molar refractivity (Wildman–Crippen MR) is 41.1 cm³/mol. The smallest absolute Gasteiger partial charge is 0.324 e. The topological polar surface area (TPSA) is 76.7 Å². The molecule has 0 saturated carbocycles. The fourth-order valence-corrected chi connectivity index (χ4v) is 1.01. The van der Waals surface area contributed by atoms with Crippen molar-refractivity contribution in [2.24, 2.45) is 5.73 Å². The molecule has 0 radical (unpaired) electrons. The van der Waals surface area contributed by atoms with E-state index in [-0.39, 0.29) is 18.3 Å². The van der Waals surface area contributed by atoms with Gasteiger partial charge in [-0.3, -0.25) is 4.57 Å². The zero-order valence-electron chi connectivity index (χ0n) is 6.66. The average Bonchev–Trinajstić information content (AvgIpc) is 2.30. The van der Waals surface area contributed by atoms with Crippen molar-refractivity contribution in [1.29, 1.82) is 0 Å². The third kappa shape index (κ3) is 1.32. The van der Waals surface area contributed by atoms with Gasteiger partial charge in [-0.2, -0.15) is 5.10 Å². The summed E-state index contributed by atoms with van der Waals surface area (Å²) in [6.45, 7) is 4.11. The highest BCUT2D eigenvalue weighted by atomic mass is 16.1. The second kappa shape index (κ2) is 2.87. The van der Waals surface area contributed by atoms with E-state index in [2.05, 4.69) is 10.2 Å². The van der Waals surface area contributed by atoms with E-state index < -0.39 is 0 Å². The van der Waals surface area contributed by atoms with Crippen LogP contribution in [-0.2, 0) is 6.54 Å². The van der Waals surface area contributed by atoms with Gasteiger partial charge in [0.2, 0.25) is 0 Å².